The monoisotopic (exact) mass is 614 g/mol. The van der Waals surface area contributed by atoms with Crippen molar-refractivity contribution in [1.29, 1.82) is 0 Å². The van der Waals surface area contributed by atoms with Crippen molar-refractivity contribution < 1.29 is 22.7 Å². The van der Waals surface area contributed by atoms with E-state index in [4.69, 9.17) is 0 Å². The Morgan fingerprint density at radius 2 is 1.88 bits per heavy atom. The van der Waals surface area contributed by atoms with Gasteiger partial charge in [-0.15, -0.1) is 0 Å². The molecule has 6 rings (SSSR count). The molecule has 4 heterocycles. The highest BCUT2D eigenvalue weighted by molar-refractivity contribution is 7.91. The number of aryl methyl sites for hydroxylation is 1. The molecule has 42 heavy (non-hydrogen) atoms. The molecule has 3 unspecified atom stereocenters. The van der Waals surface area contributed by atoms with Gasteiger partial charge in [-0.3, -0.25) is 15.0 Å². The molecule has 1 saturated carbocycles. The van der Waals surface area contributed by atoms with Crippen LogP contribution in [0.4, 0.5) is 15.7 Å². The number of amides is 2. The van der Waals surface area contributed by atoms with E-state index in [0.717, 1.165) is 29.8 Å². The van der Waals surface area contributed by atoms with Crippen molar-refractivity contribution in [3.63, 3.8) is 0 Å². The first-order valence-electron chi connectivity index (χ1n) is 14.0. The Morgan fingerprint density at radius 1 is 1.14 bits per heavy atom. The third kappa shape index (κ3) is 5.65. The summed E-state index contributed by atoms with van der Waals surface area (Å²) < 4.78 is 32.8. The maximum absolute atomic E-state index is 13.3. The summed E-state index contributed by atoms with van der Waals surface area (Å²) in [6.45, 7) is 7.83. The number of likely N-dealkylation sites (tertiary alicyclic amines) is 1. The topological polar surface area (TPSA) is 150 Å². The summed E-state index contributed by atoms with van der Waals surface area (Å²) in [6, 6.07) is 5.66. The summed E-state index contributed by atoms with van der Waals surface area (Å²) in [5.41, 5.74) is 1.59. The lowest BCUT2D eigenvalue weighted by Gasteiger charge is -2.35. The van der Waals surface area contributed by atoms with E-state index in [1.165, 1.54) is 24.2 Å². The molecule has 13 nitrogen and oxygen atoms in total. The number of benzene rings is 1. The predicted molar refractivity (Wildman–Crippen MR) is 158 cm³/mol. The van der Waals surface area contributed by atoms with Crippen LogP contribution in [0.25, 0.3) is 10.9 Å². The number of methoxy groups -OCH3 is 1. The molecule has 1 aromatic carbocycles. The number of piperazine rings is 1. The minimum Gasteiger partial charge on any atom is -0.453 e. The van der Waals surface area contributed by atoms with Crippen LogP contribution in [0.3, 0.4) is 0 Å². The van der Waals surface area contributed by atoms with Gasteiger partial charge in [0.25, 0.3) is 15.9 Å². The molecule has 0 radical (unpaired) electrons. The number of sulfonamides is 1. The number of hydrogen-bond donors (Lipinski definition) is 2. The summed E-state index contributed by atoms with van der Waals surface area (Å²) in [5.74, 6) is 2.03. The second-order valence-corrected chi connectivity index (χ2v) is 14.3. The minimum absolute atomic E-state index is 0.00649. The average molecular weight is 615 g/mol. The van der Waals surface area contributed by atoms with E-state index in [0.29, 0.717) is 67.2 Å². The largest absolute Gasteiger partial charge is 0.453 e. The van der Waals surface area contributed by atoms with Gasteiger partial charge in [0.05, 0.1) is 23.9 Å². The van der Waals surface area contributed by atoms with Crippen LogP contribution in [0.2, 0.25) is 0 Å². The fraction of sp³-hybridized carbons (Fsp3) is 0.519. The summed E-state index contributed by atoms with van der Waals surface area (Å²) in [4.78, 5) is 42.0. The van der Waals surface area contributed by atoms with Crippen LogP contribution < -0.4 is 10.6 Å². The fourth-order valence-corrected chi connectivity index (χ4v) is 8.82. The van der Waals surface area contributed by atoms with E-state index < -0.39 is 16.1 Å². The number of fused-ring (bicyclic) bond motifs is 2. The second kappa shape index (κ2) is 11.4. The highest BCUT2D eigenvalue weighted by Gasteiger charge is 2.46. The van der Waals surface area contributed by atoms with Gasteiger partial charge in [0.2, 0.25) is 0 Å². The predicted octanol–water partition coefficient (Wildman–Crippen LogP) is 2.47. The number of nitrogens with one attached hydrogen (secondary N) is 2. The Kier molecular flexibility index (Phi) is 7.76. The normalized spacial score (nSPS) is 21.6. The molecule has 3 atom stereocenters. The van der Waals surface area contributed by atoms with Gasteiger partial charge < -0.3 is 15.0 Å². The zero-order chi connectivity index (χ0) is 29.6. The third-order valence-electron chi connectivity index (χ3n) is 8.13. The lowest BCUT2D eigenvalue weighted by molar-refractivity contribution is 0.0777. The van der Waals surface area contributed by atoms with Crippen molar-refractivity contribution in [2.45, 2.75) is 30.5 Å². The van der Waals surface area contributed by atoms with Crippen LogP contribution in [-0.4, -0.2) is 108 Å². The van der Waals surface area contributed by atoms with E-state index in [9.17, 15) is 18.0 Å². The standard InChI is InChI=1S/C27H34N8O5S2/c1-16(12-33-7-9-35(10-8-33)42(38,39)25-17(2)31-26(41-25)32-27(37)40-3)30-23-20-5-4-6-21(22(20)28-15-29-23)24(36)34-13-18-11-19(18)14-34/h4-6,15-16,18-19H,7-14H2,1-3H3,(H,28,29,30)(H,31,32,37). The Labute approximate surface area is 248 Å². The molecule has 2 aliphatic heterocycles. The number of carbonyl (C=O) groups excluding carboxylic acids is 2. The van der Waals surface area contributed by atoms with Crippen molar-refractivity contribution in [2.24, 2.45) is 11.8 Å². The van der Waals surface area contributed by atoms with Crippen LogP contribution in [0.1, 0.15) is 29.4 Å². The third-order valence-corrected chi connectivity index (χ3v) is 11.7. The number of rotatable bonds is 8. The zero-order valence-electron chi connectivity index (χ0n) is 23.7. The van der Waals surface area contributed by atoms with E-state index in [2.05, 4.69) is 42.1 Å². The van der Waals surface area contributed by atoms with Gasteiger partial charge in [-0.05, 0) is 44.2 Å². The maximum Gasteiger partial charge on any atom is 0.413 e. The molecule has 2 amide bonds. The number of anilines is 2. The van der Waals surface area contributed by atoms with E-state index >= 15 is 0 Å². The number of para-hydroxylation sites is 1. The Morgan fingerprint density at radius 3 is 2.60 bits per heavy atom. The number of piperidine rings is 1. The maximum atomic E-state index is 13.3. The fourth-order valence-electron chi connectivity index (χ4n) is 5.86. The second-order valence-electron chi connectivity index (χ2n) is 11.1. The Hall–Kier alpha value is -3.40. The lowest BCUT2D eigenvalue weighted by Crippen LogP contribution is -2.50. The number of carbonyl (C=O) groups is 2. The van der Waals surface area contributed by atoms with Crippen LogP contribution in [0.15, 0.2) is 28.7 Å². The molecule has 15 heteroatoms. The molecule has 3 aliphatic rings. The van der Waals surface area contributed by atoms with Crippen LogP contribution >= 0.6 is 11.3 Å². The molecular weight excluding hydrogens is 580 g/mol. The molecule has 3 fully saturated rings. The lowest BCUT2D eigenvalue weighted by atomic mass is 10.1. The van der Waals surface area contributed by atoms with Gasteiger partial charge in [-0.2, -0.15) is 4.31 Å². The summed E-state index contributed by atoms with van der Waals surface area (Å²) in [6.07, 6.45) is 2.03. The molecule has 1 aliphatic carbocycles. The summed E-state index contributed by atoms with van der Waals surface area (Å²) in [7, 11) is -2.52. The zero-order valence-corrected chi connectivity index (χ0v) is 25.4. The average Bonchev–Trinajstić information content (AvgIpc) is 3.39. The van der Waals surface area contributed by atoms with Crippen molar-refractivity contribution in [3.05, 3.63) is 35.8 Å². The first kappa shape index (κ1) is 28.7. The van der Waals surface area contributed by atoms with Gasteiger partial charge in [0, 0.05) is 57.2 Å². The smallest absolute Gasteiger partial charge is 0.413 e. The van der Waals surface area contributed by atoms with Crippen LogP contribution in [-0.2, 0) is 14.8 Å². The molecule has 0 spiro atoms. The minimum atomic E-state index is -3.75. The van der Waals surface area contributed by atoms with Crippen molar-refractivity contribution in [2.75, 3.05) is 63.6 Å². The first-order chi connectivity index (χ1) is 20.1. The number of ether oxygens (including phenoxy) is 1. The van der Waals surface area contributed by atoms with E-state index in [1.54, 1.807) is 6.92 Å². The number of thiazole rings is 1. The van der Waals surface area contributed by atoms with Crippen molar-refractivity contribution >= 4 is 55.2 Å². The Bertz CT molecular complexity index is 1610. The molecule has 224 valence electrons. The van der Waals surface area contributed by atoms with Gasteiger partial charge in [-0.1, -0.05) is 17.4 Å². The number of aromatic nitrogens is 3. The van der Waals surface area contributed by atoms with Crippen molar-refractivity contribution in [1.82, 2.24) is 29.1 Å². The molecule has 2 saturated heterocycles. The Balaban J connectivity index is 1.07. The molecule has 0 bridgehead atoms. The van der Waals surface area contributed by atoms with Crippen LogP contribution in [0, 0.1) is 18.8 Å². The highest BCUT2D eigenvalue weighted by atomic mass is 32.2. The number of hydrogen-bond acceptors (Lipinski definition) is 11. The summed E-state index contributed by atoms with van der Waals surface area (Å²) >= 11 is 0.917. The first-order valence-corrected chi connectivity index (χ1v) is 16.2. The number of nitrogens with zero attached hydrogens (tertiary/aromatic N) is 6. The SMILES string of the molecule is COC(=O)Nc1nc(C)c(S(=O)(=O)N2CCN(CC(C)Nc3ncnc4c(C(=O)N5CC6CC6C5)cccc34)CC2)s1. The van der Waals surface area contributed by atoms with Gasteiger partial charge >= 0.3 is 6.09 Å². The highest BCUT2D eigenvalue weighted by Crippen LogP contribution is 2.45. The van der Waals surface area contributed by atoms with Crippen molar-refractivity contribution in [3.8, 4) is 0 Å². The molecule has 3 aromatic rings. The van der Waals surface area contributed by atoms with E-state index in [1.807, 2.05) is 23.1 Å². The van der Waals surface area contributed by atoms with Gasteiger partial charge in [0.15, 0.2) is 9.34 Å². The quantitative estimate of drug-likeness (QED) is 0.387. The van der Waals surface area contributed by atoms with E-state index in [-0.39, 0.29) is 21.3 Å². The summed E-state index contributed by atoms with van der Waals surface area (Å²) in [5, 5.41) is 6.89. The molecule has 2 aromatic heterocycles. The molecular formula is C27H34N8O5S2. The van der Waals surface area contributed by atoms with Gasteiger partial charge in [0.1, 0.15) is 12.1 Å². The van der Waals surface area contributed by atoms with Crippen LogP contribution in [0.5, 0.6) is 0 Å². The molecule has 2 N–H and O–H groups in total. The van der Waals surface area contributed by atoms with Gasteiger partial charge in [-0.25, -0.2) is 28.2 Å².